The number of nitrogens with two attached hydrogens (primary N) is 1. The van der Waals surface area contributed by atoms with Crippen molar-refractivity contribution >= 4 is 15.9 Å². The summed E-state index contributed by atoms with van der Waals surface area (Å²) in [6.45, 7) is 0.559. The fourth-order valence-corrected chi connectivity index (χ4v) is 3.44. The van der Waals surface area contributed by atoms with E-state index in [0.717, 1.165) is 43.4 Å². The highest BCUT2D eigenvalue weighted by Crippen LogP contribution is 2.49. The van der Waals surface area contributed by atoms with Gasteiger partial charge in [-0.15, -0.1) is 0 Å². The van der Waals surface area contributed by atoms with Crippen LogP contribution in [0.25, 0.3) is 0 Å². The van der Waals surface area contributed by atoms with E-state index in [1.54, 1.807) is 6.07 Å². The molecule has 2 N–H and O–H groups in total. The second-order valence-electron chi connectivity index (χ2n) is 5.77. The molecule has 0 radical (unpaired) electrons. The minimum absolute atomic E-state index is 0.0797. The van der Waals surface area contributed by atoms with Crippen molar-refractivity contribution < 1.29 is 9.13 Å². The molecule has 104 valence electrons. The molecule has 2 saturated carbocycles. The van der Waals surface area contributed by atoms with Gasteiger partial charge in [-0.05, 0) is 60.2 Å². The number of benzene rings is 1. The summed E-state index contributed by atoms with van der Waals surface area (Å²) in [5.41, 5.74) is 6.83. The quantitative estimate of drug-likeness (QED) is 0.910. The lowest BCUT2D eigenvalue weighted by atomic mass is 9.64. The average molecular weight is 328 g/mol. The molecule has 0 heterocycles. The van der Waals surface area contributed by atoms with Crippen molar-refractivity contribution in [3.63, 3.8) is 0 Å². The molecule has 0 amide bonds. The largest absolute Gasteiger partial charge is 0.489 e. The Kier molecular flexibility index (Phi) is 3.56. The van der Waals surface area contributed by atoms with Crippen molar-refractivity contribution in [2.24, 2.45) is 5.73 Å². The van der Waals surface area contributed by atoms with Crippen LogP contribution in [0.5, 0.6) is 5.75 Å². The van der Waals surface area contributed by atoms with Crippen LogP contribution in [0.4, 0.5) is 4.39 Å². The molecule has 2 fully saturated rings. The zero-order valence-corrected chi connectivity index (χ0v) is 12.5. The third-order valence-corrected chi connectivity index (χ3v) is 5.21. The molecular weight excluding hydrogens is 309 g/mol. The normalized spacial score (nSPS) is 21.6. The van der Waals surface area contributed by atoms with E-state index >= 15 is 0 Å². The van der Waals surface area contributed by atoms with Crippen LogP contribution in [0, 0.1) is 5.82 Å². The monoisotopic (exact) mass is 327 g/mol. The van der Waals surface area contributed by atoms with E-state index in [1.807, 2.05) is 0 Å². The Balaban J connectivity index is 1.99. The summed E-state index contributed by atoms with van der Waals surface area (Å²) < 4.78 is 20.5. The van der Waals surface area contributed by atoms with Gasteiger partial charge in [-0.3, -0.25) is 0 Å². The lowest BCUT2D eigenvalue weighted by Gasteiger charge is -2.43. The predicted octanol–water partition coefficient (Wildman–Crippen LogP) is 3.90. The van der Waals surface area contributed by atoms with Gasteiger partial charge in [0.25, 0.3) is 0 Å². The van der Waals surface area contributed by atoms with Gasteiger partial charge in [0.05, 0.1) is 10.6 Å². The fourth-order valence-electron chi connectivity index (χ4n) is 2.92. The Morgan fingerprint density at radius 3 is 2.53 bits per heavy atom. The van der Waals surface area contributed by atoms with E-state index < -0.39 is 0 Å². The predicted molar refractivity (Wildman–Crippen MR) is 77.0 cm³/mol. The zero-order chi connectivity index (χ0) is 13.5. The molecule has 0 aliphatic heterocycles. The van der Waals surface area contributed by atoms with Crippen LogP contribution < -0.4 is 10.5 Å². The van der Waals surface area contributed by atoms with E-state index in [4.69, 9.17) is 10.5 Å². The standard InChI is InChI=1S/C15H19BrFNO/c16-13-8-10(17)7-12(15(9-18)5-2-6-15)14(13)19-11-3-1-4-11/h7-8,11H,1-6,9,18H2. The maximum Gasteiger partial charge on any atom is 0.137 e. The molecule has 4 heteroatoms. The maximum absolute atomic E-state index is 13.7. The van der Waals surface area contributed by atoms with Crippen LogP contribution in [-0.2, 0) is 5.41 Å². The van der Waals surface area contributed by atoms with Gasteiger partial charge in [-0.25, -0.2) is 4.39 Å². The van der Waals surface area contributed by atoms with E-state index in [-0.39, 0.29) is 17.3 Å². The minimum atomic E-state index is -0.220. The van der Waals surface area contributed by atoms with E-state index in [1.165, 1.54) is 12.5 Å². The Hall–Kier alpha value is -0.610. The van der Waals surface area contributed by atoms with Crippen molar-refractivity contribution in [2.75, 3.05) is 6.54 Å². The summed E-state index contributed by atoms with van der Waals surface area (Å²) in [5.74, 6) is 0.596. The van der Waals surface area contributed by atoms with Crippen molar-refractivity contribution in [3.8, 4) is 5.75 Å². The van der Waals surface area contributed by atoms with Crippen molar-refractivity contribution in [3.05, 3.63) is 28.0 Å². The molecule has 19 heavy (non-hydrogen) atoms. The molecule has 0 bridgehead atoms. The Morgan fingerprint density at radius 1 is 1.32 bits per heavy atom. The first-order valence-corrected chi connectivity index (χ1v) is 7.80. The molecule has 3 rings (SSSR count). The summed E-state index contributed by atoms with van der Waals surface area (Å²) in [6, 6.07) is 3.10. The highest BCUT2D eigenvalue weighted by Gasteiger charge is 2.41. The van der Waals surface area contributed by atoms with Gasteiger partial charge in [0.15, 0.2) is 0 Å². The summed E-state index contributed by atoms with van der Waals surface area (Å²) >= 11 is 3.45. The highest BCUT2D eigenvalue weighted by atomic mass is 79.9. The summed E-state index contributed by atoms with van der Waals surface area (Å²) in [4.78, 5) is 0. The van der Waals surface area contributed by atoms with Crippen LogP contribution in [0.2, 0.25) is 0 Å². The molecule has 0 aromatic heterocycles. The molecule has 0 saturated heterocycles. The van der Waals surface area contributed by atoms with Crippen LogP contribution >= 0.6 is 15.9 Å². The zero-order valence-electron chi connectivity index (χ0n) is 10.9. The summed E-state index contributed by atoms with van der Waals surface area (Å²) in [5, 5.41) is 0. The third kappa shape index (κ3) is 2.29. The second-order valence-corrected chi connectivity index (χ2v) is 6.63. The molecular formula is C15H19BrFNO. The minimum Gasteiger partial charge on any atom is -0.489 e. The number of hydrogen-bond donors (Lipinski definition) is 1. The smallest absolute Gasteiger partial charge is 0.137 e. The lowest BCUT2D eigenvalue weighted by molar-refractivity contribution is 0.112. The van der Waals surface area contributed by atoms with Crippen LogP contribution in [-0.4, -0.2) is 12.6 Å². The SMILES string of the molecule is NCC1(c2cc(F)cc(Br)c2OC2CCC2)CCC1. The Morgan fingerprint density at radius 2 is 2.05 bits per heavy atom. The van der Waals surface area contributed by atoms with Gasteiger partial charge >= 0.3 is 0 Å². The molecule has 2 nitrogen and oxygen atoms in total. The van der Waals surface area contributed by atoms with E-state index in [0.29, 0.717) is 11.0 Å². The van der Waals surface area contributed by atoms with E-state index in [9.17, 15) is 4.39 Å². The van der Waals surface area contributed by atoms with Crippen molar-refractivity contribution in [1.82, 2.24) is 0 Å². The van der Waals surface area contributed by atoms with Crippen LogP contribution in [0.1, 0.15) is 44.1 Å². The molecule has 2 aliphatic carbocycles. The topological polar surface area (TPSA) is 35.2 Å². The second kappa shape index (κ2) is 5.06. The van der Waals surface area contributed by atoms with Gasteiger partial charge in [0.2, 0.25) is 0 Å². The van der Waals surface area contributed by atoms with Gasteiger partial charge in [0.1, 0.15) is 11.6 Å². The molecule has 0 atom stereocenters. The Labute approximate surface area is 121 Å². The number of ether oxygens (including phenoxy) is 1. The molecule has 1 aromatic carbocycles. The van der Waals surface area contributed by atoms with Gasteiger partial charge in [0, 0.05) is 17.5 Å². The molecule has 1 aromatic rings. The lowest BCUT2D eigenvalue weighted by Crippen LogP contribution is -2.42. The number of halogens is 2. The first-order valence-electron chi connectivity index (χ1n) is 7.01. The Bertz CT molecular complexity index is 478. The maximum atomic E-state index is 13.7. The average Bonchev–Trinajstić information content (AvgIpc) is 2.24. The summed E-state index contributed by atoms with van der Waals surface area (Å²) in [7, 11) is 0. The van der Waals surface area contributed by atoms with Crippen molar-refractivity contribution in [2.45, 2.75) is 50.0 Å². The van der Waals surface area contributed by atoms with Crippen molar-refractivity contribution in [1.29, 1.82) is 0 Å². The summed E-state index contributed by atoms with van der Waals surface area (Å²) in [6.07, 6.45) is 6.92. The van der Waals surface area contributed by atoms with Crippen LogP contribution in [0.15, 0.2) is 16.6 Å². The fraction of sp³-hybridized carbons (Fsp3) is 0.600. The number of hydrogen-bond acceptors (Lipinski definition) is 2. The number of rotatable bonds is 4. The van der Waals surface area contributed by atoms with Gasteiger partial charge in [-0.2, -0.15) is 0 Å². The first-order chi connectivity index (χ1) is 9.14. The molecule has 2 aliphatic rings. The first kappa shape index (κ1) is 13.4. The molecule has 0 spiro atoms. The van der Waals surface area contributed by atoms with Gasteiger partial charge < -0.3 is 10.5 Å². The molecule has 0 unspecified atom stereocenters. The highest BCUT2D eigenvalue weighted by molar-refractivity contribution is 9.10. The van der Waals surface area contributed by atoms with E-state index in [2.05, 4.69) is 15.9 Å². The van der Waals surface area contributed by atoms with Crippen LogP contribution in [0.3, 0.4) is 0 Å². The third-order valence-electron chi connectivity index (χ3n) is 4.62. The van der Waals surface area contributed by atoms with Gasteiger partial charge in [-0.1, -0.05) is 6.42 Å².